The average molecular weight is 369 g/mol. The van der Waals surface area contributed by atoms with E-state index in [1.807, 2.05) is 0 Å². The lowest BCUT2D eigenvalue weighted by Gasteiger charge is -2.47. The maximum absolute atomic E-state index is 2.47. The molecule has 0 heterocycles. The molecule has 0 aliphatic rings. The van der Waals surface area contributed by atoms with Gasteiger partial charge in [-0.05, 0) is 19.3 Å². The van der Waals surface area contributed by atoms with Gasteiger partial charge in [-0.25, -0.2) is 0 Å². The lowest BCUT2D eigenvalue weighted by Crippen LogP contribution is -2.57. The van der Waals surface area contributed by atoms with E-state index < -0.39 is 0 Å². The summed E-state index contributed by atoms with van der Waals surface area (Å²) in [6.07, 6.45) is 25.7. The maximum Gasteiger partial charge on any atom is 0.0986 e. The Morgan fingerprint density at radius 3 is 1.00 bits per heavy atom. The smallest absolute Gasteiger partial charge is 0.0986 e. The zero-order chi connectivity index (χ0) is 19.7. The van der Waals surface area contributed by atoms with Crippen molar-refractivity contribution < 1.29 is 4.48 Å². The van der Waals surface area contributed by atoms with Crippen molar-refractivity contribution in [3.8, 4) is 0 Å². The van der Waals surface area contributed by atoms with Crippen LogP contribution in [-0.2, 0) is 0 Å². The van der Waals surface area contributed by atoms with Crippen molar-refractivity contribution in [3.05, 3.63) is 0 Å². The summed E-state index contributed by atoms with van der Waals surface area (Å²) in [5.74, 6) is 0. The Bertz CT molecular complexity index is 277. The van der Waals surface area contributed by atoms with Crippen molar-refractivity contribution in [2.45, 2.75) is 142 Å². The molecule has 0 aromatic carbocycles. The average Bonchev–Trinajstić information content (AvgIpc) is 2.59. The van der Waals surface area contributed by atoms with Gasteiger partial charge >= 0.3 is 0 Å². The molecular formula is C25H54N+. The second-order valence-electron chi connectivity index (χ2n) is 9.73. The Hall–Kier alpha value is -0.0400. The molecule has 0 aromatic rings. The molecule has 0 radical (unpaired) electrons. The molecular weight excluding hydrogens is 314 g/mol. The highest BCUT2D eigenvalue weighted by Gasteiger charge is 2.40. The Labute approximate surface area is 167 Å². The number of quaternary nitrogens is 1. The van der Waals surface area contributed by atoms with Gasteiger partial charge in [0, 0.05) is 19.3 Å². The molecule has 1 heteroatoms. The quantitative estimate of drug-likeness (QED) is 0.158. The van der Waals surface area contributed by atoms with E-state index in [2.05, 4.69) is 41.9 Å². The summed E-state index contributed by atoms with van der Waals surface area (Å²) in [5, 5.41) is 0. The molecule has 0 saturated carbocycles. The van der Waals surface area contributed by atoms with Crippen LogP contribution in [0.5, 0.6) is 0 Å². The number of hydrogen-bond donors (Lipinski definition) is 0. The van der Waals surface area contributed by atoms with Crippen LogP contribution in [-0.4, -0.2) is 31.2 Å². The van der Waals surface area contributed by atoms with E-state index in [1.165, 1.54) is 120 Å². The number of nitrogens with zero attached hydrogens (tertiary/aromatic N) is 1. The topological polar surface area (TPSA) is 0 Å². The van der Waals surface area contributed by atoms with Crippen molar-refractivity contribution in [3.63, 3.8) is 0 Å². The van der Waals surface area contributed by atoms with Crippen LogP contribution in [0.2, 0.25) is 0 Å². The van der Waals surface area contributed by atoms with E-state index in [1.54, 1.807) is 0 Å². The Balaban J connectivity index is 4.62. The summed E-state index contributed by atoms with van der Waals surface area (Å²) in [7, 11) is 7.42. The van der Waals surface area contributed by atoms with E-state index in [0.29, 0.717) is 5.54 Å². The molecule has 0 unspecified atom stereocenters. The maximum atomic E-state index is 2.47. The van der Waals surface area contributed by atoms with Gasteiger partial charge in [-0.15, -0.1) is 0 Å². The molecule has 26 heavy (non-hydrogen) atoms. The van der Waals surface area contributed by atoms with Gasteiger partial charge in [0.05, 0.1) is 26.7 Å². The number of hydrogen-bond acceptors (Lipinski definition) is 0. The van der Waals surface area contributed by atoms with Crippen molar-refractivity contribution in [2.75, 3.05) is 21.1 Å². The van der Waals surface area contributed by atoms with Crippen molar-refractivity contribution in [1.82, 2.24) is 0 Å². The highest BCUT2D eigenvalue weighted by Crippen LogP contribution is 2.37. The lowest BCUT2D eigenvalue weighted by molar-refractivity contribution is -0.926. The van der Waals surface area contributed by atoms with Gasteiger partial charge in [0.1, 0.15) is 0 Å². The van der Waals surface area contributed by atoms with Gasteiger partial charge in [0.2, 0.25) is 0 Å². The van der Waals surface area contributed by atoms with Gasteiger partial charge in [-0.2, -0.15) is 0 Å². The molecule has 1 nitrogen and oxygen atoms in total. The van der Waals surface area contributed by atoms with Crippen LogP contribution in [0.4, 0.5) is 0 Å². The van der Waals surface area contributed by atoms with E-state index in [-0.39, 0.29) is 0 Å². The first kappa shape index (κ1) is 26.0. The third-order valence-corrected chi connectivity index (χ3v) is 6.66. The minimum atomic E-state index is 0.519. The summed E-state index contributed by atoms with van der Waals surface area (Å²) in [6.45, 7) is 6.97. The predicted octanol–water partition coefficient (Wildman–Crippen LogP) is 8.51. The van der Waals surface area contributed by atoms with Crippen LogP contribution in [0.3, 0.4) is 0 Å². The summed E-state index contributed by atoms with van der Waals surface area (Å²) < 4.78 is 1.17. The lowest BCUT2D eigenvalue weighted by atomic mass is 9.79. The zero-order valence-electron chi connectivity index (χ0n) is 19.7. The summed E-state index contributed by atoms with van der Waals surface area (Å²) >= 11 is 0. The van der Waals surface area contributed by atoms with Gasteiger partial charge in [0.15, 0.2) is 0 Å². The van der Waals surface area contributed by atoms with Crippen LogP contribution >= 0.6 is 0 Å². The van der Waals surface area contributed by atoms with Crippen LogP contribution in [0.15, 0.2) is 0 Å². The molecule has 0 atom stereocenters. The predicted molar refractivity (Wildman–Crippen MR) is 121 cm³/mol. The first-order chi connectivity index (χ1) is 12.4. The second-order valence-corrected chi connectivity index (χ2v) is 9.73. The standard InChI is InChI=1S/C25H54N/c1-7-10-13-16-17-18-21-24-25(26(4,5)6,22-19-14-11-8-2)23-20-15-12-9-3/h7-24H2,1-6H3/q+1. The monoisotopic (exact) mass is 368 g/mol. The highest BCUT2D eigenvalue weighted by atomic mass is 15.3. The third-order valence-electron chi connectivity index (χ3n) is 6.66. The minimum Gasteiger partial charge on any atom is -0.326 e. The molecule has 0 bridgehead atoms. The SMILES string of the molecule is CCCCCCCCCC(CCCCCC)(CCCCCC)[N+](C)(C)C. The molecule has 0 aliphatic carbocycles. The van der Waals surface area contributed by atoms with Gasteiger partial charge in [0.25, 0.3) is 0 Å². The molecule has 0 fully saturated rings. The van der Waals surface area contributed by atoms with E-state index >= 15 is 0 Å². The van der Waals surface area contributed by atoms with Crippen LogP contribution in [0, 0.1) is 0 Å². The second kappa shape index (κ2) is 16.0. The van der Waals surface area contributed by atoms with Gasteiger partial charge in [-0.1, -0.05) is 97.8 Å². The zero-order valence-corrected chi connectivity index (χ0v) is 19.7. The number of rotatable bonds is 19. The van der Waals surface area contributed by atoms with Crippen molar-refractivity contribution in [2.24, 2.45) is 0 Å². The highest BCUT2D eigenvalue weighted by molar-refractivity contribution is 4.81. The third kappa shape index (κ3) is 11.6. The molecule has 158 valence electrons. The van der Waals surface area contributed by atoms with Crippen LogP contribution < -0.4 is 0 Å². The summed E-state index contributed by atoms with van der Waals surface area (Å²) in [4.78, 5) is 0. The van der Waals surface area contributed by atoms with E-state index in [9.17, 15) is 0 Å². The fourth-order valence-corrected chi connectivity index (χ4v) is 4.55. The molecule has 0 amide bonds. The van der Waals surface area contributed by atoms with E-state index in [4.69, 9.17) is 0 Å². The molecule has 0 rings (SSSR count). The normalized spacial score (nSPS) is 12.7. The first-order valence-corrected chi connectivity index (χ1v) is 12.2. The molecule has 0 aliphatic heterocycles. The van der Waals surface area contributed by atoms with Crippen LogP contribution in [0.1, 0.15) is 136 Å². The Morgan fingerprint density at radius 1 is 0.423 bits per heavy atom. The summed E-state index contributed by atoms with van der Waals surface area (Å²) in [5.41, 5.74) is 0.519. The van der Waals surface area contributed by atoms with Gasteiger partial charge < -0.3 is 4.48 Å². The number of unbranched alkanes of at least 4 members (excludes halogenated alkanes) is 12. The van der Waals surface area contributed by atoms with Gasteiger partial charge in [-0.3, -0.25) is 0 Å². The minimum absolute atomic E-state index is 0.519. The molecule has 0 saturated heterocycles. The first-order valence-electron chi connectivity index (χ1n) is 12.2. The molecule has 0 aromatic heterocycles. The largest absolute Gasteiger partial charge is 0.326 e. The van der Waals surface area contributed by atoms with Crippen LogP contribution in [0.25, 0.3) is 0 Å². The Kier molecular flexibility index (Phi) is 15.9. The molecule has 0 spiro atoms. The van der Waals surface area contributed by atoms with Crippen molar-refractivity contribution in [1.29, 1.82) is 0 Å². The summed E-state index contributed by atoms with van der Waals surface area (Å²) in [6, 6.07) is 0. The molecule has 0 N–H and O–H groups in total. The fraction of sp³-hybridized carbons (Fsp3) is 1.00. The van der Waals surface area contributed by atoms with E-state index in [0.717, 1.165) is 0 Å². The Morgan fingerprint density at radius 2 is 0.692 bits per heavy atom. The fourth-order valence-electron chi connectivity index (χ4n) is 4.55. The van der Waals surface area contributed by atoms with Crippen molar-refractivity contribution >= 4 is 0 Å².